The molecule has 0 aromatic heterocycles. The summed E-state index contributed by atoms with van der Waals surface area (Å²) in [6.07, 6.45) is 9.22. The van der Waals surface area contributed by atoms with Gasteiger partial charge >= 0.3 is 6.03 Å². The molecule has 1 aliphatic heterocycles. The summed E-state index contributed by atoms with van der Waals surface area (Å²) < 4.78 is 0. The van der Waals surface area contributed by atoms with Crippen molar-refractivity contribution in [2.45, 2.75) is 136 Å². The van der Waals surface area contributed by atoms with Crippen LogP contribution in [0.2, 0.25) is 0 Å². The number of hydrogen-bond donors (Lipinski definition) is 4. The van der Waals surface area contributed by atoms with E-state index in [1.165, 1.54) is 4.90 Å². The Hall–Kier alpha value is -2.65. The zero-order chi connectivity index (χ0) is 29.4. The number of urea groups is 1. The molecular formula is C29H51N5O5. The maximum absolute atomic E-state index is 13.9. The van der Waals surface area contributed by atoms with Crippen molar-refractivity contribution in [1.82, 2.24) is 20.9 Å². The van der Waals surface area contributed by atoms with E-state index in [4.69, 9.17) is 5.73 Å². The Balaban J connectivity index is 2.18. The third-order valence-corrected chi connectivity index (χ3v) is 8.55. The lowest BCUT2D eigenvalue weighted by Crippen LogP contribution is -2.61. The molecule has 3 unspecified atom stereocenters. The highest BCUT2D eigenvalue weighted by Gasteiger charge is 2.43. The van der Waals surface area contributed by atoms with Gasteiger partial charge < -0.3 is 26.6 Å². The Kier molecular flexibility index (Phi) is 11.8. The highest BCUT2D eigenvalue weighted by atomic mass is 16.2. The molecule has 5 amide bonds. The highest BCUT2D eigenvalue weighted by Crippen LogP contribution is 2.30. The minimum Gasteiger partial charge on any atom is -0.363 e. The van der Waals surface area contributed by atoms with Crippen LogP contribution in [0.4, 0.5) is 4.79 Å². The largest absolute Gasteiger partial charge is 0.363 e. The normalized spacial score (nSPS) is 21.7. The van der Waals surface area contributed by atoms with Crippen molar-refractivity contribution in [3.05, 3.63) is 0 Å². The first kappa shape index (κ1) is 32.6. The van der Waals surface area contributed by atoms with Crippen molar-refractivity contribution in [2.75, 3.05) is 6.54 Å². The van der Waals surface area contributed by atoms with Crippen molar-refractivity contribution >= 4 is 29.5 Å². The van der Waals surface area contributed by atoms with Crippen molar-refractivity contribution in [3.8, 4) is 0 Å². The summed E-state index contributed by atoms with van der Waals surface area (Å²) in [5.41, 5.74) is 4.35. The van der Waals surface area contributed by atoms with E-state index in [0.29, 0.717) is 19.4 Å². The second-order valence-electron chi connectivity index (χ2n) is 12.7. The van der Waals surface area contributed by atoms with E-state index < -0.39 is 41.1 Å². The van der Waals surface area contributed by atoms with Gasteiger partial charge in [0, 0.05) is 12.1 Å². The minimum atomic E-state index is -1.09. The van der Waals surface area contributed by atoms with Crippen LogP contribution in [-0.4, -0.2) is 64.6 Å². The molecule has 10 nitrogen and oxygen atoms in total. The maximum Gasteiger partial charge on any atom is 0.315 e. The van der Waals surface area contributed by atoms with Gasteiger partial charge in [0.2, 0.25) is 17.6 Å². The van der Waals surface area contributed by atoms with Crippen LogP contribution in [0.5, 0.6) is 0 Å². The number of carbonyl (C=O) groups is 5. The Morgan fingerprint density at radius 2 is 1.59 bits per heavy atom. The van der Waals surface area contributed by atoms with E-state index in [-0.39, 0.29) is 29.8 Å². The van der Waals surface area contributed by atoms with Crippen LogP contribution in [0.15, 0.2) is 0 Å². The Bertz CT molecular complexity index is 891. The maximum atomic E-state index is 13.9. The molecule has 0 radical (unpaired) electrons. The van der Waals surface area contributed by atoms with E-state index in [1.54, 1.807) is 0 Å². The van der Waals surface area contributed by atoms with Gasteiger partial charge in [0.25, 0.3) is 5.91 Å². The van der Waals surface area contributed by atoms with Gasteiger partial charge in [0.15, 0.2) is 0 Å². The lowest BCUT2D eigenvalue weighted by atomic mass is 9.85. The number of nitrogens with zero attached hydrogens (tertiary/aromatic N) is 1. The van der Waals surface area contributed by atoms with Gasteiger partial charge in [0.1, 0.15) is 12.1 Å². The quantitative estimate of drug-likeness (QED) is 0.231. The first-order valence-corrected chi connectivity index (χ1v) is 14.8. The van der Waals surface area contributed by atoms with Crippen molar-refractivity contribution < 1.29 is 24.0 Å². The average Bonchev–Trinajstić information content (AvgIpc) is 3.26. The number of primary amides is 1. The lowest BCUT2D eigenvalue weighted by Gasteiger charge is -2.38. The molecule has 2 rings (SSSR count). The number of rotatable bonds is 11. The molecule has 2 aliphatic rings. The van der Waals surface area contributed by atoms with E-state index in [1.807, 2.05) is 34.6 Å². The van der Waals surface area contributed by atoms with Crippen molar-refractivity contribution in [1.29, 1.82) is 0 Å². The SMILES string of the molecule is CCC(C)CC(NC(=O)[C@@H]1CCCN1C(=O)C(NC(=O)NC1(CC)CCCCCC1)C(C)(C)C)C(=O)C(N)=O. The average molecular weight is 550 g/mol. The Morgan fingerprint density at radius 3 is 2.10 bits per heavy atom. The second kappa shape index (κ2) is 14.1. The standard InChI is InChI=1S/C29H51N5O5/c1-7-19(3)18-20(22(35)24(30)36)31-25(37)21-14-13-17-34(21)26(38)23(28(4,5)6)32-27(39)33-29(8-2)15-11-9-10-12-16-29/h19-21,23H,7-18H2,1-6H3,(H2,30,36)(H,31,37)(H2,32,33,39)/t19?,20?,21-,23?/m0/s1. The van der Waals surface area contributed by atoms with E-state index in [0.717, 1.165) is 51.4 Å². The zero-order valence-electron chi connectivity index (χ0n) is 24.9. The number of hydrogen-bond acceptors (Lipinski definition) is 5. The van der Waals surface area contributed by atoms with Crippen LogP contribution in [0.1, 0.15) is 112 Å². The van der Waals surface area contributed by atoms with E-state index in [9.17, 15) is 24.0 Å². The topological polar surface area (TPSA) is 151 Å². The van der Waals surface area contributed by atoms with Crippen LogP contribution in [0.25, 0.3) is 0 Å². The van der Waals surface area contributed by atoms with E-state index >= 15 is 0 Å². The summed E-state index contributed by atoms with van der Waals surface area (Å²) in [4.78, 5) is 66.0. The number of ketones is 1. The molecule has 2 fully saturated rings. The summed E-state index contributed by atoms with van der Waals surface area (Å²) in [6.45, 7) is 12.0. The van der Waals surface area contributed by atoms with Crippen LogP contribution in [0, 0.1) is 11.3 Å². The fourth-order valence-electron chi connectivity index (χ4n) is 5.74. The van der Waals surface area contributed by atoms with Gasteiger partial charge in [-0.3, -0.25) is 19.2 Å². The fourth-order valence-corrected chi connectivity index (χ4v) is 5.74. The van der Waals surface area contributed by atoms with Gasteiger partial charge in [-0.05, 0) is 49.9 Å². The number of nitrogens with one attached hydrogen (secondary N) is 3. The predicted octanol–water partition coefficient (Wildman–Crippen LogP) is 3.17. The number of carbonyl (C=O) groups excluding carboxylic acids is 5. The molecule has 39 heavy (non-hydrogen) atoms. The first-order valence-electron chi connectivity index (χ1n) is 14.8. The minimum absolute atomic E-state index is 0.0905. The summed E-state index contributed by atoms with van der Waals surface area (Å²) in [5, 5.41) is 8.83. The molecule has 0 spiro atoms. The molecule has 0 aromatic rings. The molecule has 0 bridgehead atoms. The van der Waals surface area contributed by atoms with Gasteiger partial charge in [-0.1, -0.05) is 73.6 Å². The third kappa shape index (κ3) is 8.93. The molecule has 5 N–H and O–H groups in total. The first-order chi connectivity index (χ1) is 18.2. The number of Topliss-reactive ketones (excluding diaryl/α,β-unsaturated/α-hetero) is 1. The molecular weight excluding hydrogens is 498 g/mol. The Morgan fingerprint density at radius 1 is 0.974 bits per heavy atom. The second-order valence-corrected chi connectivity index (χ2v) is 12.7. The van der Waals surface area contributed by atoms with Crippen LogP contribution in [-0.2, 0) is 19.2 Å². The van der Waals surface area contributed by atoms with Gasteiger partial charge in [-0.15, -0.1) is 0 Å². The molecule has 10 heteroatoms. The zero-order valence-corrected chi connectivity index (χ0v) is 24.9. The molecule has 1 saturated carbocycles. The van der Waals surface area contributed by atoms with Crippen molar-refractivity contribution in [3.63, 3.8) is 0 Å². The number of amides is 5. The van der Waals surface area contributed by atoms with Crippen molar-refractivity contribution in [2.24, 2.45) is 17.1 Å². The lowest BCUT2D eigenvalue weighted by molar-refractivity contribution is -0.143. The predicted molar refractivity (Wildman–Crippen MR) is 151 cm³/mol. The smallest absolute Gasteiger partial charge is 0.315 e. The monoisotopic (exact) mass is 549 g/mol. The number of likely N-dealkylation sites (tertiary alicyclic amines) is 1. The molecule has 222 valence electrons. The molecule has 0 aromatic carbocycles. The van der Waals surface area contributed by atoms with E-state index in [2.05, 4.69) is 22.9 Å². The third-order valence-electron chi connectivity index (χ3n) is 8.55. The highest BCUT2D eigenvalue weighted by molar-refractivity contribution is 6.37. The summed E-state index contributed by atoms with van der Waals surface area (Å²) in [6, 6.07) is -3.05. The summed E-state index contributed by atoms with van der Waals surface area (Å²) in [5.74, 6) is -2.66. The van der Waals surface area contributed by atoms with Gasteiger partial charge in [0.05, 0.1) is 6.04 Å². The molecule has 1 heterocycles. The summed E-state index contributed by atoms with van der Waals surface area (Å²) >= 11 is 0. The molecule has 4 atom stereocenters. The fraction of sp³-hybridized carbons (Fsp3) is 0.828. The summed E-state index contributed by atoms with van der Waals surface area (Å²) in [7, 11) is 0. The molecule has 1 aliphatic carbocycles. The van der Waals surface area contributed by atoms with Gasteiger partial charge in [-0.25, -0.2) is 4.79 Å². The van der Waals surface area contributed by atoms with Gasteiger partial charge in [-0.2, -0.15) is 0 Å². The van der Waals surface area contributed by atoms with Crippen LogP contribution < -0.4 is 21.7 Å². The number of nitrogens with two attached hydrogens (primary N) is 1. The molecule has 1 saturated heterocycles. The van der Waals surface area contributed by atoms with Crippen LogP contribution >= 0.6 is 0 Å². The van der Waals surface area contributed by atoms with Crippen LogP contribution in [0.3, 0.4) is 0 Å². The Labute approximate surface area is 234 Å².